The molecule has 1 aliphatic carbocycles. The summed E-state index contributed by atoms with van der Waals surface area (Å²) in [6.45, 7) is 0.228. The monoisotopic (exact) mass is 374 g/mol. The van der Waals surface area contributed by atoms with Gasteiger partial charge in [0.05, 0.1) is 22.6 Å². The van der Waals surface area contributed by atoms with Crippen molar-refractivity contribution in [1.29, 1.82) is 0 Å². The van der Waals surface area contributed by atoms with Crippen molar-refractivity contribution in [3.05, 3.63) is 70.5 Å². The molecule has 0 saturated carbocycles. The van der Waals surface area contributed by atoms with E-state index in [1.54, 1.807) is 5.51 Å². The number of aromatic nitrogens is 3. The maximum atomic E-state index is 12.9. The fourth-order valence-electron chi connectivity index (χ4n) is 3.84. The van der Waals surface area contributed by atoms with Gasteiger partial charge in [0, 0.05) is 5.38 Å². The number of nitrogens with one attached hydrogen (secondary N) is 1. The fraction of sp³-hybridized carbons (Fsp3) is 0.190. The topological polar surface area (TPSA) is 59.8 Å². The number of benzene rings is 2. The summed E-state index contributed by atoms with van der Waals surface area (Å²) < 4.78 is 1.96. The van der Waals surface area contributed by atoms with Crippen molar-refractivity contribution >= 4 is 28.3 Å². The second-order valence-electron chi connectivity index (χ2n) is 6.74. The van der Waals surface area contributed by atoms with E-state index in [0.29, 0.717) is 0 Å². The molecule has 1 amide bonds. The van der Waals surface area contributed by atoms with Crippen LogP contribution in [0.1, 0.15) is 23.6 Å². The summed E-state index contributed by atoms with van der Waals surface area (Å²) >= 11 is 1.53. The average Bonchev–Trinajstić information content (AvgIpc) is 3.42. The Hall–Kier alpha value is -2.99. The van der Waals surface area contributed by atoms with Gasteiger partial charge in [-0.1, -0.05) is 36.4 Å². The Labute approximate surface area is 160 Å². The molecule has 0 unspecified atom stereocenters. The Kier molecular flexibility index (Phi) is 3.98. The van der Waals surface area contributed by atoms with E-state index in [4.69, 9.17) is 4.98 Å². The summed E-state index contributed by atoms with van der Waals surface area (Å²) in [5.41, 5.74) is 6.98. The molecule has 2 aromatic heterocycles. The van der Waals surface area contributed by atoms with Crippen LogP contribution >= 0.6 is 11.3 Å². The predicted octanol–water partition coefficient (Wildman–Crippen LogP) is 3.96. The van der Waals surface area contributed by atoms with Gasteiger partial charge in [-0.25, -0.2) is 9.97 Å². The molecule has 1 aliphatic rings. The smallest absolute Gasteiger partial charge is 0.240 e. The van der Waals surface area contributed by atoms with Crippen LogP contribution in [0.15, 0.2) is 59.4 Å². The largest absolute Gasteiger partial charge is 0.348 e. The molecule has 6 heteroatoms. The molecule has 27 heavy (non-hydrogen) atoms. The van der Waals surface area contributed by atoms with Gasteiger partial charge in [0.1, 0.15) is 12.2 Å². The molecule has 0 bridgehead atoms. The average molecular weight is 374 g/mol. The van der Waals surface area contributed by atoms with Crippen LogP contribution in [-0.2, 0) is 17.8 Å². The van der Waals surface area contributed by atoms with Gasteiger partial charge >= 0.3 is 0 Å². The Morgan fingerprint density at radius 3 is 2.93 bits per heavy atom. The molecule has 5 rings (SSSR count). The Balaban J connectivity index is 1.45. The van der Waals surface area contributed by atoms with Crippen LogP contribution in [0, 0.1) is 0 Å². The normalized spacial score (nSPS) is 15.8. The maximum absolute atomic E-state index is 12.9. The lowest BCUT2D eigenvalue weighted by Gasteiger charge is -2.15. The Morgan fingerprint density at radius 2 is 2.04 bits per heavy atom. The number of thiazole rings is 1. The third kappa shape index (κ3) is 2.92. The van der Waals surface area contributed by atoms with Crippen LogP contribution < -0.4 is 5.32 Å². The van der Waals surface area contributed by atoms with Crippen molar-refractivity contribution in [2.75, 3.05) is 0 Å². The quantitative estimate of drug-likeness (QED) is 0.588. The lowest BCUT2D eigenvalue weighted by atomic mass is 10.1. The van der Waals surface area contributed by atoms with Gasteiger partial charge in [-0.15, -0.1) is 11.3 Å². The molecule has 134 valence electrons. The van der Waals surface area contributed by atoms with Gasteiger partial charge in [-0.2, -0.15) is 0 Å². The van der Waals surface area contributed by atoms with Gasteiger partial charge in [-0.3, -0.25) is 4.79 Å². The number of amides is 1. The standard InChI is InChI=1S/C21H18N4OS/c26-20(23-16-10-9-14-5-1-2-6-15(14)16)11-25-19-8-4-3-7-17(19)24-21(25)18-12-27-13-22-18/h1-8,12-13,16H,9-11H2,(H,23,26)/t16-/m0/s1. The molecule has 0 spiro atoms. The third-order valence-electron chi connectivity index (χ3n) is 5.09. The van der Waals surface area contributed by atoms with E-state index in [1.807, 2.05) is 40.3 Å². The summed E-state index contributed by atoms with van der Waals surface area (Å²) in [4.78, 5) is 22.0. The molecule has 2 heterocycles. The lowest BCUT2D eigenvalue weighted by molar-refractivity contribution is -0.122. The van der Waals surface area contributed by atoms with E-state index >= 15 is 0 Å². The van der Waals surface area contributed by atoms with Gasteiger partial charge in [0.25, 0.3) is 0 Å². The van der Waals surface area contributed by atoms with Gasteiger partial charge in [0.2, 0.25) is 5.91 Å². The minimum atomic E-state index is -0.00339. The number of rotatable bonds is 4. The number of carbonyl (C=O) groups excluding carboxylic acids is 1. The molecular weight excluding hydrogens is 356 g/mol. The summed E-state index contributed by atoms with van der Waals surface area (Å²) in [5, 5.41) is 5.17. The van der Waals surface area contributed by atoms with E-state index < -0.39 is 0 Å². The molecule has 0 saturated heterocycles. The van der Waals surface area contributed by atoms with E-state index in [0.717, 1.165) is 35.4 Å². The van der Waals surface area contributed by atoms with Gasteiger partial charge in [0.15, 0.2) is 5.82 Å². The van der Waals surface area contributed by atoms with Crippen molar-refractivity contribution in [2.45, 2.75) is 25.4 Å². The highest BCUT2D eigenvalue weighted by atomic mass is 32.1. The first kappa shape index (κ1) is 16.2. The summed E-state index contributed by atoms with van der Waals surface area (Å²) in [6, 6.07) is 16.3. The number of aryl methyl sites for hydroxylation is 1. The van der Waals surface area contributed by atoms with E-state index in [2.05, 4.69) is 28.5 Å². The first-order valence-electron chi connectivity index (χ1n) is 9.00. The molecular formula is C21H18N4OS. The highest BCUT2D eigenvalue weighted by Crippen LogP contribution is 2.31. The van der Waals surface area contributed by atoms with E-state index in [9.17, 15) is 4.79 Å². The summed E-state index contributed by atoms with van der Waals surface area (Å²) in [7, 11) is 0. The van der Waals surface area contributed by atoms with Gasteiger partial charge in [-0.05, 0) is 36.1 Å². The summed E-state index contributed by atoms with van der Waals surface area (Å²) in [6.07, 6.45) is 1.97. The number of nitrogens with zero attached hydrogens (tertiary/aromatic N) is 3. The third-order valence-corrected chi connectivity index (χ3v) is 5.67. The number of carbonyl (C=O) groups is 1. The molecule has 0 aliphatic heterocycles. The minimum Gasteiger partial charge on any atom is -0.348 e. The molecule has 0 fully saturated rings. The zero-order valence-corrected chi connectivity index (χ0v) is 15.4. The molecule has 1 N–H and O–H groups in total. The molecule has 2 aromatic carbocycles. The second kappa shape index (κ2) is 6.63. The zero-order chi connectivity index (χ0) is 18.2. The van der Waals surface area contributed by atoms with Crippen molar-refractivity contribution in [1.82, 2.24) is 19.9 Å². The predicted molar refractivity (Wildman–Crippen MR) is 106 cm³/mol. The highest BCUT2D eigenvalue weighted by molar-refractivity contribution is 7.07. The minimum absolute atomic E-state index is 0.00339. The van der Waals surface area contributed by atoms with E-state index in [1.165, 1.54) is 22.5 Å². The van der Waals surface area contributed by atoms with Crippen LogP contribution in [0.2, 0.25) is 0 Å². The first-order chi connectivity index (χ1) is 13.3. The summed E-state index contributed by atoms with van der Waals surface area (Å²) in [5.74, 6) is 0.732. The van der Waals surface area contributed by atoms with Crippen LogP contribution in [0.4, 0.5) is 0 Å². The molecule has 1 atom stereocenters. The van der Waals surface area contributed by atoms with Crippen LogP contribution in [-0.4, -0.2) is 20.4 Å². The number of fused-ring (bicyclic) bond motifs is 2. The van der Waals surface area contributed by atoms with Crippen LogP contribution in [0.5, 0.6) is 0 Å². The number of hydrogen-bond donors (Lipinski definition) is 1. The van der Waals surface area contributed by atoms with Gasteiger partial charge < -0.3 is 9.88 Å². The van der Waals surface area contributed by atoms with Crippen molar-refractivity contribution in [2.24, 2.45) is 0 Å². The second-order valence-corrected chi connectivity index (χ2v) is 7.46. The number of para-hydroxylation sites is 2. The fourth-order valence-corrected chi connectivity index (χ4v) is 4.38. The highest BCUT2D eigenvalue weighted by Gasteiger charge is 2.24. The zero-order valence-electron chi connectivity index (χ0n) is 14.6. The SMILES string of the molecule is O=C(Cn1c(-c2cscn2)nc2ccccc21)N[C@H]1CCc2ccccc21. The van der Waals surface area contributed by atoms with Crippen molar-refractivity contribution < 1.29 is 4.79 Å². The molecule has 0 radical (unpaired) electrons. The van der Waals surface area contributed by atoms with E-state index in [-0.39, 0.29) is 18.5 Å². The Morgan fingerprint density at radius 1 is 1.19 bits per heavy atom. The molecule has 5 nitrogen and oxygen atoms in total. The van der Waals surface area contributed by atoms with Crippen molar-refractivity contribution in [3.63, 3.8) is 0 Å². The van der Waals surface area contributed by atoms with Crippen LogP contribution in [0.25, 0.3) is 22.6 Å². The lowest BCUT2D eigenvalue weighted by Crippen LogP contribution is -2.30. The number of imidazole rings is 1. The van der Waals surface area contributed by atoms with Crippen molar-refractivity contribution in [3.8, 4) is 11.5 Å². The maximum Gasteiger partial charge on any atom is 0.240 e. The Bertz CT molecular complexity index is 1120. The first-order valence-corrected chi connectivity index (χ1v) is 9.95. The molecule has 4 aromatic rings. The number of hydrogen-bond acceptors (Lipinski definition) is 4. The van der Waals surface area contributed by atoms with Crippen LogP contribution in [0.3, 0.4) is 0 Å².